The Bertz CT molecular complexity index is 266. The number of alkyl halides is 1. The molecule has 5 nitrogen and oxygen atoms in total. The lowest BCUT2D eigenvalue weighted by molar-refractivity contribution is 0.254. The summed E-state index contributed by atoms with van der Waals surface area (Å²) in [6.07, 6.45) is 2.82. The summed E-state index contributed by atoms with van der Waals surface area (Å²) in [4.78, 5) is 19.4. The molecule has 0 aromatic carbocycles. The quantitative estimate of drug-likeness (QED) is 0.542. The molecule has 1 aromatic rings. The van der Waals surface area contributed by atoms with Crippen molar-refractivity contribution in [2.24, 2.45) is 5.73 Å². The van der Waals surface area contributed by atoms with Gasteiger partial charge in [0.25, 0.3) is 0 Å². The minimum atomic E-state index is -0.635. The molecule has 2 amide bonds. The molecule has 12 heavy (non-hydrogen) atoms. The fourth-order valence-corrected chi connectivity index (χ4v) is 0.917. The van der Waals surface area contributed by atoms with Gasteiger partial charge in [-0.2, -0.15) is 0 Å². The van der Waals surface area contributed by atoms with Gasteiger partial charge in [-0.25, -0.2) is 14.8 Å². The van der Waals surface area contributed by atoms with Gasteiger partial charge in [0.2, 0.25) is 0 Å². The van der Waals surface area contributed by atoms with E-state index in [1.54, 1.807) is 6.07 Å². The van der Waals surface area contributed by atoms with Crippen molar-refractivity contribution in [1.29, 1.82) is 0 Å². The maximum Gasteiger partial charge on any atom is 0.321 e. The number of carbonyl (C=O) groups is 1. The third kappa shape index (κ3) is 1.82. The summed E-state index contributed by atoms with van der Waals surface area (Å²) in [7, 11) is 0. The Morgan fingerprint density at radius 1 is 1.75 bits per heavy atom. The van der Waals surface area contributed by atoms with Crippen LogP contribution < -0.4 is 10.6 Å². The molecule has 0 spiro atoms. The van der Waals surface area contributed by atoms with E-state index < -0.39 is 6.03 Å². The number of nitrogens with two attached hydrogens (primary N) is 1. The molecule has 0 aliphatic rings. The van der Waals surface area contributed by atoms with Crippen LogP contribution in [-0.2, 0) is 0 Å². The molecular weight excluding hydrogens is 180 g/mol. The first-order chi connectivity index (χ1) is 5.75. The van der Waals surface area contributed by atoms with Gasteiger partial charge in [-0.1, -0.05) is 0 Å². The van der Waals surface area contributed by atoms with Gasteiger partial charge in [0.1, 0.15) is 18.1 Å². The SMILES string of the molecule is NC(=O)N(CCl)c1ccncn1. The van der Waals surface area contributed by atoms with Crippen molar-refractivity contribution < 1.29 is 4.79 Å². The minimum absolute atomic E-state index is 0.0215. The third-order valence-electron chi connectivity index (χ3n) is 1.23. The van der Waals surface area contributed by atoms with E-state index >= 15 is 0 Å². The van der Waals surface area contributed by atoms with E-state index in [1.165, 1.54) is 12.5 Å². The summed E-state index contributed by atoms with van der Waals surface area (Å²) in [5, 5.41) is 0. The van der Waals surface area contributed by atoms with Crippen molar-refractivity contribution in [2.75, 3.05) is 10.9 Å². The van der Waals surface area contributed by atoms with E-state index in [-0.39, 0.29) is 6.00 Å². The number of aromatic nitrogens is 2. The maximum absolute atomic E-state index is 10.7. The standard InChI is InChI=1S/C6H7ClN4O/c7-3-11(6(8)12)5-1-2-9-4-10-5/h1-2,4H,3H2,(H2,8,12). The number of hydrogen-bond donors (Lipinski definition) is 1. The molecule has 0 atom stereocenters. The van der Waals surface area contributed by atoms with E-state index in [1.807, 2.05) is 0 Å². The third-order valence-corrected chi connectivity index (χ3v) is 1.47. The molecule has 1 heterocycles. The topological polar surface area (TPSA) is 72.1 Å². The number of halogens is 1. The van der Waals surface area contributed by atoms with Crippen molar-refractivity contribution in [3.05, 3.63) is 18.6 Å². The van der Waals surface area contributed by atoms with Gasteiger partial charge in [0.15, 0.2) is 0 Å². The van der Waals surface area contributed by atoms with Crippen LogP contribution in [0.4, 0.5) is 10.6 Å². The largest absolute Gasteiger partial charge is 0.351 e. The van der Waals surface area contributed by atoms with Crippen molar-refractivity contribution in [3.8, 4) is 0 Å². The van der Waals surface area contributed by atoms with Crippen molar-refractivity contribution in [2.45, 2.75) is 0 Å². The van der Waals surface area contributed by atoms with Crippen LogP contribution in [0.5, 0.6) is 0 Å². The Hall–Kier alpha value is -1.36. The molecule has 0 saturated carbocycles. The number of amides is 2. The Labute approximate surface area is 74.2 Å². The molecule has 0 bridgehead atoms. The number of urea groups is 1. The second kappa shape index (κ2) is 3.87. The molecule has 0 unspecified atom stereocenters. The van der Waals surface area contributed by atoms with Crippen LogP contribution in [0.15, 0.2) is 18.6 Å². The molecule has 64 valence electrons. The minimum Gasteiger partial charge on any atom is -0.351 e. The normalized spacial score (nSPS) is 9.42. The molecular formula is C6H7ClN4O. The van der Waals surface area contributed by atoms with Gasteiger partial charge >= 0.3 is 6.03 Å². The average molecular weight is 187 g/mol. The highest BCUT2D eigenvalue weighted by Gasteiger charge is 2.10. The van der Waals surface area contributed by atoms with Gasteiger partial charge in [0.05, 0.1) is 0 Å². The number of carbonyl (C=O) groups excluding carboxylic acids is 1. The van der Waals surface area contributed by atoms with E-state index in [2.05, 4.69) is 9.97 Å². The second-order valence-corrected chi connectivity index (χ2v) is 2.19. The molecule has 1 rings (SSSR count). The highest BCUT2D eigenvalue weighted by molar-refractivity contribution is 6.21. The lowest BCUT2D eigenvalue weighted by atomic mass is 10.5. The van der Waals surface area contributed by atoms with Gasteiger partial charge in [-0.05, 0) is 6.07 Å². The highest BCUT2D eigenvalue weighted by atomic mass is 35.5. The fourth-order valence-electron chi connectivity index (χ4n) is 0.676. The molecule has 6 heteroatoms. The van der Waals surface area contributed by atoms with Crippen LogP contribution in [0, 0.1) is 0 Å². The lowest BCUT2D eigenvalue weighted by Gasteiger charge is -2.14. The predicted molar refractivity (Wildman–Crippen MR) is 44.8 cm³/mol. The van der Waals surface area contributed by atoms with E-state index in [9.17, 15) is 4.79 Å². The summed E-state index contributed by atoms with van der Waals surface area (Å²) >= 11 is 5.46. The van der Waals surface area contributed by atoms with E-state index in [4.69, 9.17) is 17.3 Å². The van der Waals surface area contributed by atoms with Gasteiger partial charge in [-0.3, -0.25) is 4.90 Å². The second-order valence-electron chi connectivity index (χ2n) is 1.95. The first-order valence-electron chi connectivity index (χ1n) is 3.14. The van der Waals surface area contributed by atoms with E-state index in [0.29, 0.717) is 5.82 Å². The summed E-state index contributed by atoms with van der Waals surface area (Å²) in [5.41, 5.74) is 5.02. The Morgan fingerprint density at radius 2 is 2.50 bits per heavy atom. The highest BCUT2D eigenvalue weighted by Crippen LogP contribution is 2.07. The zero-order valence-corrected chi connectivity index (χ0v) is 6.90. The van der Waals surface area contributed by atoms with Crippen LogP contribution in [-0.4, -0.2) is 22.0 Å². The van der Waals surface area contributed by atoms with Crippen molar-refractivity contribution in [3.63, 3.8) is 0 Å². The number of hydrogen-bond acceptors (Lipinski definition) is 3. The molecule has 0 fully saturated rings. The molecule has 0 radical (unpaired) electrons. The molecule has 1 aromatic heterocycles. The predicted octanol–water partition coefficient (Wildman–Crippen LogP) is 0.558. The first kappa shape index (κ1) is 8.73. The van der Waals surface area contributed by atoms with Gasteiger partial charge in [0, 0.05) is 6.20 Å². The number of primary amides is 1. The van der Waals surface area contributed by atoms with Crippen molar-refractivity contribution >= 4 is 23.4 Å². The monoisotopic (exact) mass is 186 g/mol. The summed E-state index contributed by atoms with van der Waals surface area (Å²) in [6, 6.07) is 0.892. The van der Waals surface area contributed by atoms with Crippen LogP contribution in [0.1, 0.15) is 0 Å². The van der Waals surface area contributed by atoms with Crippen LogP contribution >= 0.6 is 11.6 Å². The zero-order valence-electron chi connectivity index (χ0n) is 6.14. The number of rotatable bonds is 2. The van der Waals surface area contributed by atoms with Gasteiger partial charge in [-0.15, -0.1) is 11.6 Å². The van der Waals surface area contributed by atoms with E-state index in [0.717, 1.165) is 4.90 Å². The maximum atomic E-state index is 10.7. The lowest BCUT2D eigenvalue weighted by Crippen LogP contribution is -2.35. The fraction of sp³-hybridized carbons (Fsp3) is 0.167. The Balaban J connectivity index is 2.88. The number of nitrogens with zero attached hydrogens (tertiary/aromatic N) is 3. The Morgan fingerprint density at radius 3 is 2.92 bits per heavy atom. The first-order valence-corrected chi connectivity index (χ1v) is 3.68. The molecule has 0 aliphatic carbocycles. The van der Waals surface area contributed by atoms with Gasteiger partial charge < -0.3 is 5.73 Å². The van der Waals surface area contributed by atoms with Crippen molar-refractivity contribution in [1.82, 2.24) is 9.97 Å². The van der Waals surface area contributed by atoms with Crippen LogP contribution in [0.3, 0.4) is 0 Å². The molecule has 2 N–H and O–H groups in total. The zero-order chi connectivity index (χ0) is 8.97. The summed E-state index contributed by atoms with van der Waals surface area (Å²) in [6.45, 7) is 0. The number of anilines is 1. The summed E-state index contributed by atoms with van der Waals surface area (Å²) in [5.74, 6) is 0.396. The Kier molecular flexibility index (Phi) is 2.82. The van der Waals surface area contributed by atoms with Crippen LogP contribution in [0.2, 0.25) is 0 Å². The molecule has 0 saturated heterocycles. The average Bonchev–Trinajstić information content (AvgIpc) is 2.07. The van der Waals surface area contributed by atoms with Crippen LogP contribution in [0.25, 0.3) is 0 Å². The molecule has 0 aliphatic heterocycles. The summed E-state index contributed by atoms with van der Waals surface area (Å²) < 4.78 is 0. The smallest absolute Gasteiger partial charge is 0.321 e.